The standard InChI is InChI=1S/C18H15BrF3N3O4/c1-3-6-29-17-13(19)7-11(8-16(17)28-2)10-23-24-14-5-4-12(18(20,21)22)9-15(14)25(26)27/h3-5,7-10,24H,1,6H2,2H3/b23-10-. The van der Waals surface area contributed by atoms with E-state index < -0.39 is 22.4 Å². The van der Waals surface area contributed by atoms with E-state index in [2.05, 4.69) is 33.0 Å². The number of halogens is 4. The van der Waals surface area contributed by atoms with Gasteiger partial charge in [-0.05, 0) is 45.8 Å². The number of hydrogen-bond acceptors (Lipinski definition) is 6. The SMILES string of the molecule is C=CCOc1c(Br)cc(/C=N\Nc2ccc(C(F)(F)F)cc2[N+](=O)[O-])cc1OC. The average Bonchev–Trinajstić information content (AvgIpc) is 2.66. The molecular weight excluding hydrogens is 459 g/mol. The Kier molecular flexibility index (Phi) is 7.21. The summed E-state index contributed by atoms with van der Waals surface area (Å²) in [6, 6.07) is 5.39. The lowest BCUT2D eigenvalue weighted by Crippen LogP contribution is -2.06. The molecule has 2 aromatic carbocycles. The van der Waals surface area contributed by atoms with Crippen molar-refractivity contribution < 1.29 is 27.6 Å². The molecule has 0 radical (unpaired) electrons. The maximum Gasteiger partial charge on any atom is 0.416 e. The van der Waals surface area contributed by atoms with Gasteiger partial charge in [0.25, 0.3) is 5.69 Å². The molecule has 0 amide bonds. The van der Waals surface area contributed by atoms with Crippen LogP contribution in [0.1, 0.15) is 11.1 Å². The number of rotatable bonds is 8. The van der Waals surface area contributed by atoms with Gasteiger partial charge in [-0.1, -0.05) is 12.7 Å². The minimum atomic E-state index is -4.69. The van der Waals surface area contributed by atoms with Crippen LogP contribution in [0, 0.1) is 10.1 Å². The van der Waals surface area contributed by atoms with E-state index in [0.717, 1.165) is 12.1 Å². The van der Waals surface area contributed by atoms with Gasteiger partial charge in [-0.3, -0.25) is 15.5 Å². The van der Waals surface area contributed by atoms with Crippen molar-refractivity contribution in [2.45, 2.75) is 6.18 Å². The Morgan fingerprint density at radius 2 is 2.07 bits per heavy atom. The largest absolute Gasteiger partial charge is 0.493 e. The van der Waals surface area contributed by atoms with E-state index in [9.17, 15) is 23.3 Å². The van der Waals surface area contributed by atoms with Gasteiger partial charge in [0.15, 0.2) is 11.5 Å². The van der Waals surface area contributed by atoms with Gasteiger partial charge in [-0.2, -0.15) is 18.3 Å². The maximum atomic E-state index is 12.8. The Balaban J connectivity index is 2.26. The van der Waals surface area contributed by atoms with Crippen LogP contribution in [0.5, 0.6) is 11.5 Å². The molecule has 0 aromatic heterocycles. The molecule has 1 N–H and O–H groups in total. The first kappa shape index (κ1) is 22.2. The van der Waals surface area contributed by atoms with Crippen molar-refractivity contribution in [3.63, 3.8) is 0 Å². The third-order valence-corrected chi connectivity index (χ3v) is 4.11. The second-order valence-corrected chi connectivity index (χ2v) is 6.34. The molecule has 154 valence electrons. The first-order chi connectivity index (χ1) is 13.7. The number of nitrogens with zero attached hydrogens (tertiary/aromatic N) is 2. The van der Waals surface area contributed by atoms with Crippen molar-refractivity contribution in [3.05, 3.63) is 68.7 Å². The third-order valence-electron chi connectivity index (χ3n) is 3.52. The van der Waals surface area contributed by atoms with Gasteiger partial charge in [0.05, 0.1) is 28.3 Å². The molecule has 11 heteroatoms. The monoisotopic (exact) mass is 473 g/mol. The number of benzene rings is 2. The summed E-state index contributed by atoms with van der Waals surface area (Å²) in [4.78, 5) is 10.2. The Labute approximate surface area is 172 Å². The van der Waals surface area contributed by atoms with Crippen molar-refractivity contribution in [1.29, 1.82) is 0 Å². The van der Waals surface area contributed by atoms with Crippen molar-refractivity contribution in [1.82, 2.24) is 0 Å². The van der Waals surface area contributed by atoms with E-state index in [1.165, 1.54) is 13.3 Å². The van der Waals surface area contributed by atoms with Crippen LogP contribution in [0.3, 0.4) is 0 Å². The fourth-order valence-corrected chi connectivity index (χ4v) is 2.80. The van der Waals surface area contributed by atoms with Gasteiger partial charge in [0.1, 0.15) is 12.3 Å². The number of hydrogen-bond donors (Lipinski definition) is 1. The minimum Gasteiger partial charge on any atom is -0.493 e. The van der Waals surface area contributed by atoms with E-state index in [0.29, 0.717) is 27.6 Å². The van der Waals surface area contributed by atoms with Gasteiger partial charge < -0.3 is 9.47 Å². The Hall–Kier alpha value is -3.08. The number of ether oxygens (including phenoxy) is 2. The van der Waals surface area contributed by atoms with E-state index in [4.69, 9.17) is 9.47 Å². The highest BCUT2D eigenvalue weighted by molar-refractivity contribution is 9.10. The van der Waals surface area contributed by atoms with Gasteiger partial charge in [-0.15, -0.1) is 0 Å². The zero-order chi connectivity index (χ0) is 21.6. The van der Waals surface area contributed by atoms with Crippen LogP contribution in [0.25, 0.3) is 0 Å². The number of nitro groups is 1. The van der Waals surface area contributed by atoms with Crippen LogP contribution < -0.4 is 14.9 Å². The zero-order valence-electron chi connectivity index (χ0n) is 15.0. The topological polar surface area (TPSA) is 86.0 Å². The predicted molar refractivity (Wildman–Crippen MR) is 106 cm³/mol. The lowest BCUT2D eigenvalue weighted by molar-refractivity contribution is -0.384. The normalized spacial score (nSPS) is 11.3. The van der Waals surface area contributed by atoms with Gasteiger partial charge in [0.2, 0.25) is 0 Å². The molecule has 0 fully saturated rings. The van der Waals surface area contributed by atoms with E-state index in [1.54, 1.807) is 18.2 Å². The molecule has 0 aliphatic rings. The molecule has 0 heterocycles. The lowest BCUT2D eigenvalue weighted by atomic mass is 10.1. The Morgan fingerprint density at radius 1 is 1.34 bits per heavy atom. The molecule has 0 aliphatic heterocycles. The first-order valence-electron chi connectivity index (χ1n) is 7.93. The highest BCUT2D eigenvalue weighted by Gasteiger charge is 2.33. The summed E-state index contributed by atoms with van der Waals surface area (Å²) in [5.41, 5.74) is 0.878. The molecule has 0 bridgehead atoms. The van der Waals surface area contributed by atoms with Crippen molar-refractivity contribution in [2.75, 3.05) is 19.1 Å². The molecular formula is C18H15BrF3N3O4. The average molecular weight is 474 g/mol. The molecule has 0 unspecified atom stereocenters. The minimum absolute atomic E-state index is 0.184. The van der Waals surface area contributed by atoms with Crippen molar-refractivity contribution in [2.24, 2.45) is 5.10 Å². The smallest absolute Gasteiger partial charge is 0.416 e. The third kappa shape index (κ3) is 5.70. The van der Waals surface area contributed by atoms with E-state index in [-0.39, 0.29) is 12.3 Å². The fraction of sp³-hybridized carbons (Fsp3) is 0.167. The summed E-state index contributed by atoms with van der Waals surface area (Å²) >= 11 is 3.35. The van der Waals surface area contributed by atoms with Crippen LogP contribution in [-0.4, -0.2) is 24.9 Å². The lowest BCUT2D eigenvalue weighted by Gasteiger charge is -2.12. The molecule has 0 atom stereocenters. The molecule has 7 nitrogen and oxygen atoms in total. The second-order valence-electron chi connectivity index (χ2n) is 5.49. The number of alkyl halides is 3. The summed E-state index contributed by atoms with van der Waals surface area (Å²) in [5.74, 6) is 0.860. The Bertz CT molecular complexity index is 949. The number of methoxy groups -OCH3 is 1. The van der Waals surface area contributed by atoms with Gasteiger partial charge in [-0.25, -0.2) is 0 Å². The maximum absolute atomic E-state index is 12.8. The number of anilines is 1. The fourth-order valence-electron chi connectivity index (χ4n) is 2.23. The number of nitro benzene ring substituents is 1. The molecule has 0 saturated carbocycles. The molecule has 0 saturated heterocycles. The summed E-state index contributed by atoms with van der Waals surface area (Å²) < 4.78 is 49.6. The van der Waals surface area contributed by atoms with Gasteiger partial charge >= 0.3 is 6.18 Å². The predicted octanol–water partition coefficient (Wildman–Crippen LogP) is 5.40. The van der Waals surface area contributed by atoms with E-state index >= 15 is 0 Å². The Morgan fingerprint density at radius 3 is 2.66 bits per heavy atom. The van der Waals surface area contributed by atoms with Crippen LogP contribution in [0.15, 0.2) is 52.6 Å². The number of nitrogens with one attached hydrogen (secondary N) is 1. The van der Waals surface area contributed by atoms with Crippen molar-refractivity contribution >= 4 is 33.5 Å². The van der Waals surface area contributed by atoms with Crippen molar-refractivity contribution in [3.8, 4) is 11.5 Å². The highest BCUT2D eigenvalue weighted by atomic mass is 79.9. The molecule has 2 rings (SSSR count). The highest BCUT2D eigenvalue weighted by Crippen LogP contribution is 2.37. The molecule has 2 aromatic rings. The quantitative estimate of drug-likeness (QED) is 0.240. The first-order valence-corrected chi connectivity index (χ1v) is 8.72. The summed E-state index contributed by atoms with van der Waals surface area (Å²) in [6.07, 6.45) is -1.79. The van der Waals surface area contributed by atoms with E-state index in [1.807, 2.05) is 0 Å². The summed E-state index contributed by atoms with van der Waals surface area (Å²) in [5, 5.41) is 14.9. The van der Waals surface area contributed by atoms with Crippen LogP contribution in [0.4, 0.5) is 24.5 Å². The van der Waals surface area contributed by atoms with Crippen LogP contribution >= 0.6 is 15.9 Å². The summed E-state index contributed by atoms with van der Waals surface area (Å²) in [6.45, 7) is 3.83. The molecule has 29 heavy (non-hydrogen) atoms. The van der Waals surface area contributed by atoms with Crippen LogP contribution in [0.2, 0.25) is 0 Å². The second kappa shape index (κ2) is 9.41. The molecule has 0 spiro atoms. The van der Waals surface area contributed by atoms with Crippen LogP contribution in [-0.2, 0) is 6.18 Å². The number of hydrazone groups is 1. The molecule has 0 aliphatic carbocycles. The van der Waals surface area contributed by atoms with Gasteiger partial charge in [0, 0.05) is 6.07 Å². The summed E-state index contributed by atoms with van der Waals surface area (Å²) in [7, 11) is 1.45. The zero-order valence-corrected chi connectivity index (χ0v) is 16.6.